The van der Waals surface area contributed by atoms with Gasteiger partial charge in [0, 0.05) is 30.4 Å². The quantitative estimate of drug-likeness (QED) is 0.247. The number of halogens is 1. The van der Waals surface area contributed by atoms with Crippen LogP contribution in [0.2, 0.25) is 5.02 Å². The summed E-state index contributed by atoms with van der Waals surface area (Å²) in [7, 11) is 1.68. The third-order valence-electron chi connectivity index (χ3n) is 5.48. The topological polar surface area (TPSA) is 65.9 Å². The minimum atomic E-state index is -1.19. The maximum atomic E-state index is 6.54. The van der Waals surface area contributed by atoms with E-state index in [1.165, 1.54) is 11.3 Å². The van der Waals surface area contributed by atoms with E-state index in [0.717, 1.165) is 33.0 Å². The second kappa shape index (κ2) is 12.6. The van der Waals surface area contributed by atoms with Gasteiger partial charge < -0.3 is 18.9 Å². The van der Waals surface area contributed by atoms with E-state index < -0.39 is 5.91 Å². The van der Waals surface area contributed by atoms with E-state index in [9.17, 15) is 0 Å². The molecule has 0 amide bonds. The number of benzene rings is 2. The van der Waals surface area contributed by atoms with Crippen LogP contribution in [0.25, 0.3) is 10.6 Å². The average molecular weight is 520 g/mol. The molecular weight excluding hydrogens is 486 g/mol. The molecule has 0 fully saturated rings. The number of ether oxygens (including phenoxy) is 4. The van der Waals surface area contributed by atoms with Crippen LogP contribution in [0.15, 0.2) is 36.4 Å². The standard InChI is InChI=1S/C26H34ClN3O4S/c1-7-32-17-26(33-8-2,34-9-3)30(16-20-12-10-11-13-22(20)27)25-29-28-24(35-25)21-14-18(4)23(31-6)19(5)15-21/h10-15H,7-9,16-17H2,1-6H3. The van der Waals surface area contributed by atoms with Crippen molar-refractivity contribution in [1.29, 1.82) is 0 Å². The molecule has 0 N–H and O–H groups in total. The molecule has 0 saturated heterocycles. The highest BCUT2D eigenvalue weighted by atomic mass is 35.5. The van der Waals surface area contributed by atoms with E-state index in [4.69, 9.17) is 30.5 Å². The Labute approximate surface area is 216 Å². The molecule has 0 aliphatic rings. The molecule has 0 aliphatic heterocycles. The van der Waals surface area contributed by atoms with Crippen molar-refractivity contribution < 1.29 is 18.9 Å². The van der Waals surface area contributed by atoms with Gasteiger partial charge in [-0.2, -0.15) is 0 Å². The molecular formula is C26H34ClN3O4S. The minimum Gasteiger partial charge on any atom is -0.496 e. The van der Waals surface area contributed by atoms with Gasteiger partial charge in [-0.05, 0) is 69.5 Å². The summed E-state index contributed by atoms with van der Waals surface area (Å²) in [5, 5.41) is 11.2. The molecule has 3 rings (SSSR count). The monoisotopic (exact) mass is 519 g/mol. The Morgan fingerprint density at radius 1 is 0.971 bits per heavy atom. The van der Waals surface area contributed by atoms with Crippen molar-refractivity contribution in [1.82, 2.24) is 10.2 Å². The van der Waals surface area contributed by atoms with Gasteiger partial charge >= 0.3 is 0 Å². The third-order valence-corrected chi connectivity index (χ3v) is 6.85. The van der Waals surface area contributed by atoms with E-state index in [-0.39, 0.29) is 6.61 Å². The fourth-order valence-corrected chi connectivity index (χ4v) is 5.09. The van der Waals surface area contributed by atoms with Crippen molar-refractivity contribution in [3.63, 3.8) is 0 Å². The van der Waals surface area contributed by atoms with Crippen molar-refractivity contribution in [2.75, 3.05) is 38.4 Å². The van der Waals surface area contributed by atoms with E-state index in [2.05, 4.69) is 22.3 Å². The molecule has 1 aromatic heterocycles. The van der Waals surface area contributed by atoms with Crippen LogP contribution in [0, 0.1) is 13.8 Å². The highest BCUT2D eigenvalue weighted by molar-refractivity contribution is 7.18. The first-order chi connectivity index (χ1) is 16.9. The maximum absolute atomic E-state index is 6.54. The Bertz CT molecular complexity index is 1080. The van der Waals surface area contributed by atoms with Crippen molar-refractivity contribution in [2.45, 2.75) is 47.1 Å². The van der Waals surface area contributed by atoms with Crippen LogP contribution < -0.4 is 9.64 Å². The molecule has 7 nitrogen and oxygen atoms in total. The van der Waals surface area contributed by atoms with E-state index in [1.807, 2.05) is 63.8 Å². The summed E-state index contributed by atoms with van der Waals surface area (Å²) in [6, 6.07) is 11.8. The fourth-order valence-electron chi connectivity index (χ4n) is 4.01. The molecule has 0 radical (unpaired) electrons. The maximum Gasteiger partial charge on any atom is 0.278 e. The van der Waals surface area contributed by atoms with Gasteiger partial charge in [0.15, 0.2) is 0 Å². The number of rotatable bonds is 13. The number of methoxy groups -OCH3 is 1. The predicted octanol–water partition coefficient (Wildman–Crippen LogP) is 6.25. The van der Waals surface area contributed by atoms with Crippen LogP contribution in [0.5, 0.6) is 5.75 Å². The Balaban J connectivity index is 2.10. The van der Waals surface area contributed by atoms with Gasteiger partial charge in [-0.15, -0.1) is 10.2 Å². The molecule has 9 heteroatoms. The molecule has 190 valence electrons. The highest BCUT2D eigenvalue weighted by Crippen LogP contribution is 2.38. The minimum absolute atomic E-state index is 0.200. The van der Waals surface area contributed by atoms with Gasteiger partial charge in [0.05, 0.1) is 13.7 Å². The van der Waals surface area contributed by atoms with Gasteiger partial charge in [0.25, 0.3) is 5.91 Å². The smallest absolute Gasteiger partial charge is 0.278 e. The predicted molar refractivity (Wildman–Crippen MR) is 141 cm³/mol. The first kappa shape index (κ1) is 27.4. The summed E-state index contributed by atoms with van der Waals surface area (Å²) in [4.78, 5) is 1.96. The number of anilines is 1. The van der Waals surface area contributed by atoms with Gasteiger partial charge in [0.1, 0.15) is 17.4 Å². The average Bonchev–Trinajstić information content (AvgIpc) is 3.32. The van der Waals surface area contributed by atoms with Crippen LogP contribution in [0.1, 0.15) is 37.5 Å². The lowest BCUT2D eigenvalue weighted by molar-refractivity contribution is -0.257. The van der Waals surface area contributed by atoms with E-state index in [1.54, 1.807) is 7.11 Å². The first-order valence-corrected chi connectivity index (χ1v) is 12.9. The van der Waals surface area contributed by atoms with Crippen LogP contribution in [-0.4, -0.2) is 49.6 Å². The van der Waals surface area contributed by atoms with Crippen molar-refractivity contribution in [3.8, 4) is 16.3 Å². The normalized spacial score (nSPS) is 11.6. The van der Waals surface area contributed by atoms with E-state index in [0.29, 0.717) is 36.5 Å². The summed E-state index contributed by atoms with van der Waals surface area (Å²) >= 11 is 8.01. The lowest BCUT2D eigenvalue weighted by atomic mass is 10.1. The van der Waals surface area contributed by atoms with Crippen molar-refractivity contribution in [2.24, 2.45) is 0 Å². The molecule has 0 bridgehead atoms. The van der Waals surface area contributed by atoms with Crippen molar-refractivity contribution >= 4 is 28.1 Å². The zero-order valence-electron chi connectivity index (χ0n) is 21.3. The molecule has 2 aromatic carbocycles. The van der Waals surface area contributed by atoms with Crippen LogP contribution in [-0.2, 0) is 20.8 Å². The molecule has 35 heavy (non-hydrogen) atoms. The van der Waals surface area contributed by atoms with Gasteiger partial charge in [0.2, 0.25) is 5.13 Å². The van der Waals surface area contributed by atoms with Crippen molar-refractivity contribution in [3.05, 3.63) is 58.1 Å². The Morgan fingerprint density at radius 2 is 1.63 bits per heavy atom. The van der Waals surface area contributed by atoms with Crippen LogP contribution in [0.3, 0.4) is 0 Å². The molecule has 0 unspecified atom stereocenters. The van der Waals surface area contributed by atoms with Gasteiger partial charge in [-0.1, -0.05) is 41.1 Å². The molecule has 0 aliphatic carbocycles. The summed E-state index contributed by atoms with van der Waals surface area (Å²) in [6.07, 6.45) is 0. The van der Waals surface area contributed by atoms with Gasteiger partial charge in [-0.25, -0.2) is 0 Å². The molecule has 0 saturated carbocycles. The zero-order chi connectivity index (χ0) is 25.4. The SMILES string of the molecule is CCOCC(OCC)(OCC)N(Cc1ccccc1Cl)c1nnc(-c2cc(C)c(OC)c(C)c2)s1. The van der Waals surface area contributed by atoms with Crippen LogP contribution in [0.4, 0.5) is 5.13 Å². The zero-order valence-corrected chi connectivity index (χ0v) is 22.8. The summed E-state index contributed by atoms with van der Waals surface area (Å²) < 4.78 is 23.8. The molecule has 0 atom stereocenters. The second-order valence-electron chi connectivity index (χ2n) is 7.93. The summed E-state index contributed by atoms with van der Waals surface area (Å²) in [5.41, 5.74) is 3.98. The first-order valence-electron chi connectivity index (χ1n) is 11.7. The number of aromatic nitrogens is 2. The number of hydrogen-bond acceptors (Lipinski definition) is 8. The molecule has 0 spiro atoms. The Morgan fingerprint density at radius 3 is 2.20 bits per heavy atom. The lowest BCUT2D eigenvalue weighted by Crippen LogP contribution is -2.56. The molecule has 1 heterocycles. The second-order valence-corrected chi connectivity index (χ2v) is 9.29. The number of hydrogen-bond donors (Lipinski definition) is 0. The van der Waals surface area contributed by atoms with Crippen LogP contribution >= 0.6 is 22.9 Å². The number of aryl methyl sites for hydroxylation is 2. The largest absolute Gasteiger partial charge is 0.496 e. The van der Waals surface area contributed by atoms with Gasteiger partial charge in [-0.3, -0.25) is 4.90 Å². The summed E-state index contributed by atoms with van der Waals surface area (Å²) in [5.74, 6) is -0.316. The third kappa shape index (κ3) is 6.32. The highest BCUT2D eigenvalue weighted by Gasteiger charge is 2.42. The Kier molecular flexibility index (Phi) is 9.89. The molecule has 3 aromatic rings. The summed E-state index contributed by atoms with van der Waals surface area (Å²) in [6.45, 7) is 11.8. The lowest BCUT2D eigenvalue weighted by Gasteiger charge is -2.42. The number of nitrogens with zero attached hydrogens (tertiary/aromatic N) is 3. The fraction of sp³-hybridized carbons (Fsp3) is 0.462. The van der Waals surface area contributed by atoms with E-state index >= 15 is 0 Å². The Hall–Kier alpha value is -2.23.